The van der Waals surface area contributed by atoms with Crippen molar-refractivity contribution in [2.75, 3.05) is 32.1 Å². The number of nitrogens with zero attached hydrogens (tertiary/aromatic N) is 2. The standard InChI is InChI=1S/C13H21N5O2S/c1-8-9(2)17-18-13(11(8)12(14)21)16-5-4-10(19)15-6-7-20-3/h4-7H2,1-3H3,(H2,14,21)(H,15,19)(H,16,18). The summed E-state index contributed by atoms with van der Waals surface area (Å²) in [5.41, 5.74) is 8.08. The van der Waals surface area contributed by atoms with Gasteiger partial charge in [-0.2, -0.15) is 5.10 Å². The van der Waals surface area contributed by atoms with Gasteiger partial charge in [-0.05, 0) is 19.4 Å². The van der Waals surface area contributed by atoms with Gasteiger partial charge in [-0.25, -0.2) is 0 Å². The molecule has 0 aromatic carbocycles. The molecular formula is C13H21N5O2S. The van der Waals surface area contributed by atoms with Crippen LogP contribution in [0.4, 0.5) is 5.82 Å². The lowest BCUT2D eigenvalue weighted by Gasteiger charge is -2.13. The van der Waals surface area contributed by atoms with E-state index in [2.05, 4.69) is 20.8 Å². The van der Waals surface area contributed by atoms with Crippen molar-refractivity contribution in [3.63, 3.8) is 0 Å². The van der Waals surface area contributed by atoms with Crippen molar-refractivity contribution in [1.82, 2.24) is 15.5 Å². The fraction of sp³-hybridized carbons (Fsp3) is 0.538. The van der Waals surface area contributed by atoms with Crippen molar-refractivity contribution >= 4 is 28.9 Å². The van der Waals surface area contributed by atoms with Crippen LogP contribution in [0.1, 0.15) is 23.2 Å². The average molecular weight is 311 g/mol. The maximum atomic E-state index is 11.6. The van der Waals surface area contributed by atoms with E-state index in [1.165, 1.54) is 0 Å². The van der Waals surface area contributed by atoms with Crippen LogP contribution < -0.4 is 16.4 Å². The lowest BCUT2D eigenvalue weighted by molar-refractivity contribution is -0.121. The maximum Gasteiger partial charge on any atom is 0.221 e. The van der Waals surface area contributed by atoms with E-state index in [1.807, 2.05) is 13.8 Å². The van der Waals surface area contributed by atoms with Crippen molar-refractivity contribution in [2.45, 2.75) is 20.3 Å². The third-order valence-electron chi connectivity index (χ3n) is 2.97. The molecule has 1 rings (SSSR count). The van der Waals surface area contributed by atoms with Crippen LogP contribution >= 0.6 is 12.2 Å². The molecule has 0 radical (unpaired) electrons. The molecule has 0 unspecified atom stereocenters. The monoisotopic (exact) mass is 311 g/mol. The van der Waals surface area contributed by atoms with E-state index in [0.717, 1.165) is 11.3 Å². The van der Waals surface area contributed by atoms with Crippen LogP contribution in [0, 0.1) is 13.8 Å². The smallest absolute Gasteiger partial charge is 0.221 e. The van der Waals surface area contributed by atoms with E-state index in [-0.39, 0.29) is 10.9 Å². The zero-order valence-electron chi connectivity index (χ0n) is 12.5. The second kappa shape index (κ2) is 8.48. The molecule has 0 fully saturated rings. The highest BCUT2D eigenvalue weighted by Crippen LogP contribution is 2.18. The number of anilines is 1. The minimum atomic E-state index is -0.0618. The third-order valence-corrected chi connectivity index (χ3v) is 3.18. The second-order valence-electron chi connectivity index (χ2n) is 4.52. The van der Waals surface area contributed by atoms with Crippen molar-refractivity contribution in [2.24, 2.45) is 5.73 Å². The second-order valence-corrected chi connectivity index (χ2v) is 4.96. The Morgan fingerprint density at radius 3 is 2.67 bits per heavy atom. The first-order valence-electron chi connectivity index (χ1n) is 6.60. The fourth-order valence-electron chi connectivity index (χ4n) is 1.71. The molecule has 21 heavy (non-hydrogen) atoms. The number of rotatable bonds is 8. The molecule has 116 valence electrons. The molecular weight excluding hydrogens is 290 g/mol. The summed E-state index contributed by atoms with van der Waals surface area (Å²) in [7, 11) is 1.59. The molecule has 8 heteroatoms. The van der Waals surface area contributed by atoms with Crippen LogP contribution in [0.5, 0.6) is 0 Å². The minimum Gasteiger partial charge on any atom is -0.389 e. The predicted molar refractivity (Wildman–Crippen MR) is 85.4 cm³/mol. The number of aromatic nitrogens is 2. The first-order valence-corrected chi connectivity index (χ1v) is 7.01. The first-order chi connectivity index (χ1) is 9.97. The van der Waals surface area contributed by atoms with Crippen LogP contribution in [0.2, 0.25) is 0 Å². The molecule has 7 nitrogen and oxygen atoms in total. The van der Waals surface area contributed by atoms with Crippen LogP contribution in [-0.4, -0.2) is 47.9 Å². The van der Waals surface area contributed by atoms with E-state index in [1.54, 1.807) is 7.11 Å². The quantitative estimate of drug-likeness (QED) is 0.468. The molecule has 0 atom stereocenters. The first kappa shape index (κ1) is 17.3. The van der Waals surface area contributed by atoms with Crippen molar-refractivity contribution < 1.29 is 9.53 Å². The number of aryl methyl sites for hydroxylation is 1. The number of thiocarbonyl (C=S) groups is 1. The van der Waals surface area contributed by atoms with E-state index < -0.39 is 0 Å². The molecule has 0 aliphatic carbocycles. The summed E-state index contributed by atoms with van der Waals surface area (Å²) in [6.45, 7) is 5.15. The highest BCUT2D eigenvalue weighted by Gasteiger charge is 2.13. The molecule has 0 aliphatic heterocycles. The maximum absolute atomic E-state index is 11.6. The number of amides is 1. The number of nitrogens with one attached hydrogen (secondary N) is 2. The van der Waals surface area contributed by atoms with E-state index in [4.69, 9.17) is 22.7 Å². The Labute approximate surface area is 129 Å². The molecule has 0 aliphatic rings. The number of carbonyl (C=O) groups is 1. The number of methoxy groups -OCH3 is 1. The van der Waals surface area contributed by atoms with Crippen LogP contribution in [0.15, 0.2) is 0 Å². The zero-order valence-corrected chi connectivity index (χ0v) is 13.3. The predicted octanol–water partition coefficient (Wildman–Crippen LogP) is 0.292. The summed E-state index contributed by atoms with van der Waals surface area (Å²) in [4.78, 5) is 11.8. The van der Waals surface area contributed by atoms with Gasteiger partial charge >= 0.3 is 0 Å². The molecule has 1 aromatic rings. The number of carbonyl (C=O) groups excluding carboxylic acids is 1. The summed E-state index contributed by atoms with van der Waals surface area (Å²) >= 11 is 5.05. The number of hydrogen-bond donors (Lipinski definition) is 3. The van der Waals surface area contributed by atoms with E-state index >= 15 is 0 Å². The third kappa shape index (κ3) is 5.24. The number of nitrogens with two attached hydrogens (primary N) is 1. The van der Waals surface area contributed by atoms with Crippen molar-refractivity contribution in [1.29, 1.82) is 0 Å². The van der Waals surface area contributed by atoms with Gasteiger partial charge in [-0.15, -0.1) is 5.10 Å². The summed E-state index contributed by atoms with van der Waals surface area (Å²) in [5.74, 6) is 0.448. The highest BCUT2D eigenvalue weighted by atomic mass is 32.1. The van der Waals surface area contributed by atoms with Gasteiger partial charge in [0.2, 0.25) is 5.91 Å². The summed E-state index contributed by atoms with van der Waals surface area (Å²) < 4.78 is 4.86. The van der Waals surface area contributed by atoms with Gasteiger partial charge in [-0.1, -0.05) is 12.2 Å². The topological polar surface area (TPSA) is 102 Å². The van der Waals surface area contributed by atoms with Gasteiger partial charge in [0.05, 0.1) is 17.9 Å². The van der Waals surface area contributed by atoms with E-state index in [0.29, 0.717) is 37.5 Å². The Balaban J connectivity index is 2.58. The lowest BCUT2D eigenvalue weighted by atomic mass is 10.1. The average Bonchev–Trinajstić information content (AvgIpc) is 2.42. The van der Waals surface area contributed by atoms with Crippen LogP contribution in [0.25, 0.3) is 0 Å². The minimum absolute atomic E-state index is 0.0618. The van der Waals surface area contributed by atoms with Gasteiger partial charge in [0.1, 0.15) is 4.99 Å². The largest absolute Gasteiger partial charge is 0.389 e. The molecule has 0 saturated heterocycles. The summed E-state index contributed by atoms with van der Waals surface area (Å²) in [6.07, 6.45) is 0.315. The summed E-state index contributed by atoms with van der Waals surface area (Å²) in [6, 6.07) is 0. The molecule has 1 amide bonds. The number of hydrogen-bond acceptors (Lipinski definition) is 6. The molecule has 0 saturated carbocycles. The van der Waals surface area contributed by atoms with Crippen molar-refractivity contribution in [3.8, 4) is 0 Å². The molecule has 1 aromatic heterocycles. The SMILES string of the molecule is COCCNC(=O)CCNc1nnc(C)c(C)c1C(N)=S. The van der Waals surface area contributed by atoms with Crippen LogP contribution in [0.3, 0.4) is 0 Å². The van der Waals surface area contributed by atoms with E-state index in [9.17, 15) is 4.79 Å². The highest BCUT2D eigenvalue weighted by molar-refractivity contribution is 7.80. The fourth-order valence-corrected chi connectivity index (χ4v) is 1.96. The Bertz CT molecular complexity index is 522. The molecule has 4 N–H and O–H groups in total. The molecule has 0 bridgehead atoms. The molecule has 1 heterocycles. The number of ether oxygens (including phenoxy) is 1. The van der Waals surface area contributed by atoms with Gasteiger partial charge in [0, 0.05) is 26.6 Å². The summed E-state index contributed by atoms with van der Waals surface area (Å²) in [5, 5.41) is 13.9. The lowest BCUT2D eigenvalue weighted by Crippen LogP contribution is -2.28. The van der Waals surface area contributed by atoms with Gasteiger partial charge in [0.25, 0.3) is 0 Å². The zero-order chi connectivity index (χ0) is 15.8. The Kier molecular flexibility index (Phi) is 6.97. The van der Waals surface area contributed by atoms with Gasteiger partial charge in [-0.3, -0.25) is 4.79 Å². The van der Waals surface area contributed by atoms with Gasteiger partial charge in [0.15, 0.2) is 5.82 Å². The normalized spacial score (nSPS) is 10.2. The molecule has 0 spiro atoms. The van der Waals surface area contributed by atoms with Gasteiger partial charge < -0.3 is 21.1 Å². The Hall–Kier alpha value is -1.80. The van der Waals surface area contributed by atoms with Crippen molar-refractivity contribution in [3.05, 3.63) is 16.8 Å². The van der Waals surface area contributed by atoms with Crippen LogP contribution in [-0.2, 0) is 9.53 Å². The Morgan fingerprint density at radius 2 is 2.05 bits per heavy atom. The Morgan fingerprint density at radius 1 is 1.33 bits per heavy atom.